The summed E-state index contributed by atoms with van der Waals surface area (Å²) in [5.74, 6) is 2.85. The van der Waals surface area contributed by atoms with Gasteiger partial charge in [-0.1, -0.05) is 12.1 Å². The van der Waals surface area contributed by atoms with Crippen molar-refractivity contribution in [3.05, 3.63) is 48.5 Å². The van der Waals surface area contributed by atoms with E-state index in [0.717, 1.165) is 41.6 Å². The lowest BCUT2D eigenvalue weighted by Gasteiger charge is -2.57. The first-order chi connectivity index (χ1) is 11.8. The van der Waals surface area contributed by atoms with Crippen molar-refractivity contribution in [2.75, 3.05) is 22.9 Å². The van der Waals surface area contributed by atoms with Gasteiger partial charge in [-0.05, 0) is 31.5 Å². The highest BCUT2D eigenvalue weighted by molar-refractivity contribution is 5.75. The molecule has 2 aromatic heterocycles. The van der Waals surface area contributed by atoms with Gasteiger partial charge in [0.25, 0.3) is 0 Å². The molecule has 0 saturated carbocycles. The highest BCUT2D eigenvalue weighted by atomic mass is 15.4. The number of aryl methyl sites for hydroxylation is 1. The number of fused-ring (bicyclic) bond motifs is 3. The Kier molecular flexibility index (Phi) is 2.92. The van der Waals surface area contributed by atoms with Crippen molar-refractivity contribution in [2.45, 2.75) is 25.4 Å². The number of nitrogens with zero attached hydrogens (tertiary/aromatic N) is 6. The number of hydrogen-bond donors (Lipinski definition) is 0. The summed E-state index contributed by atoms with van der Waals surface area (Å²) in [6, 6.07) is 11.0. The van der Waals surface area contributed by atoms with Gasteiger partial charge in [0.1, 0.15) is 17.5 Å². The van der Waals surface area contributed by atoms with Gasteiger partial charge in [-0.25, -0.2) is 15.0 Å². The summed E-state index contributed by atoms with van der Waals surface area (Å²) in [5, 5.41) is 0. The van der Waals surface area contributed by atoms with Crippen LogP contribution >= 0.6 is 0 Å². The van der Waals surface area contributed by atoms with Crippen LogP contribution in [-0.2, 0) is 0 Å². The molecule has 5 heterocycles. The molecule has 6 rings (SSSR count). The zero-order valence-corrected chi connectivity index (χ0v) is 13.5. The topological polar surface area (TPSA) is 58.0 Å². The maximum atomic E-state index is 4.81. The van der Waals surface area contributed by atoms with E-state index in [4.69, 9.17) is 4.98 Å². The van der Waals surface area contributed by atoms with E-state index in [1.807, 2.05) is 49.6 Å². The monoisotopic (exact) mass is 318 g/mol. The van der Waals surface area contributed by atoms with Crippen molar-refractivity contribution in [3.8, 4) is 0 Å². The first-order valence-corrected chi connectivity index (χ1v) is 8.33. The molecule has 3 aliphatic heterocycles. The van der Waals surface area contributed by atoms with Gasteiger partial charge >= 0.3 is 0 Å². The molecule has 1 aromatic carbocycles. The summed E-state index contributed by atoms with van der Waals surface area (Å²) in [6.07, 6.45) is 4.96. The number of aromatic nitrogens is 4. The quantitative estimate of drug-likeness (QED) is 0.722. The number of piperidine rings is 1. The third kappa shape index (κ3) is 2.10. The van der Waals surface area contributed by atoms with Crippen LogP contribution in [-0.4, -0.2) is 45.1 Å². The minimum Gasteiger partial charge on any atom is -0.352 e. The summed E-state index contributed by atoms with van der Waals surface area (Å²) >= 11 is 0. The fourth-order valence-electron chi connectivity index (χ4n) is 3.86. The number of hydrogen-bond acceptors (Lipinski definition) is 6. The van der Waals surface area contributed by atoms with E-state index in [2.05, 4.69) is 24.8 Å². The third-order valence-corrected chi connectivity index (χ3v) is 4.98. The van der Waals surface area contributed by atoms with Gasteiger partial charge in [0.05, 0.1) is 29.3 Å². The number of para-hydroxylation sites is 2. The van der Waals surface area contributed by atoms with Crippen LogP contribution in [0.1, 0.15) is 12.2 Å². The van der Waals surface area contributed by atoms with Crippen molar-refractivity contribution in [1.82, 2.24) is 19.9 Å². The van der Waals surface area contributed by atoms with Crippen molar-refractivity contribution < 1.29 is 0 Å². The van der Waals surface area contributed by atoms with Crippen molar-refractivity contribution in [2.24, 2.45) is 0 Å². The second-order valence-corrected chi connectivity index (χ2v) is 6.53. The number of piperazine rings is 1. The van der Waals surface area contributed by atoms with E-state index in [1.165, 1.54) is 6.42 Å². The average molecular weight is 318 g/mol. The minimum absolute atomic E-state index is 0.481. The predicted molar refractivity (Wildman–Crippen MR) is 93.2 cm³/mol. The molecule has 6 heteroatoms. The van der Waals surface area contributed by atoms with E-state index in [1.54, 1.807) is 0 Å². The summed E-state index contributed by atoms with van der Waals surface area (Å²) in [5.41, 5.74) is 1.91. The van der Waals surface area contributed by atoms with E-state index in [-0.39, 0.29) is 0 Å². The molecule has 0 spiro atoms. The van der Waals surface area contributed by atoms with Crippen LogP contribution in [0.25, 0.3) is 11.0 Å². The second-order valence-electron chi connectivity index (χ2n) is 6.53. The second kappa shape index (κ2) is 5.12. The molecule has 0 aliphatic carbocycles. The van der Waals surface area contributed by atoms with E-state index in [0.29, 0.717) is 12.1 Å². The fraction of sp³-hybridized carbons (Fsp3) is 0.333. The lowest BCUT2D eigenvalue weighted by molar-refractivity contribution is 0.288. The van der Waals surface area contributed by atoms with Gasteiger partial charge in [-0.3, -0.25) is 4.98 Å². The first-order valence-electron chi connectivity index (χ1n) is 8.33. The Labute approximate surface area is 140 Å². The Morgan fingerprint density at radius 3 is 2.50 bits per heavy atom. The first kappa shape index (κ1) is 13.7. The summed E-state index contributed by atoms with van der Waals surface area (Å²) in [4.78, 5) is 22.9. The molecule has 3 fully saturated rings. The van der Waals surface area contributed by atoms with Crippen LogP contribution in [0.2, 0.25) is 0 Å². The van der Waals surface area contributed by atoms with Gasteiger partial charge in [0.15, 0.2) is 0 Å². The zero-order chi connectivity index (χ0) is 16.1. The highest BCUT2D eigenvalue weighted by Gasteiger charge is 2.45. The molecule has 3 aromatic rings. The molecule has 0 amide bonds. The maximum absolute atomic E-state index is 4.81. The standard InChI is InChI=1S/C18H18N6/c1-12-19-7-6-17(21-12)23-10-13-8-14(11-23)24(13)18-9-20-15-4-2-3-5-16(15)22-18/h2-7,9,13-14H,8,10-11H2,1H3. The lowest BCUT2D eigenvalue weighted by Crippen LogP contribution is -2.69. The van der Waals surface area contributed by atoms with Crippen molar-refractivity contribution >= 4 is 22.7 Å². The fourth-order valence-corrected chi connectivity index (χ4v) is 3.86. The summed E-state index contributed by atoms with van der Waals surface area (Å²) in [7, 11) is 0. The normalized spacial score (nSPS) is 22.5. The van der Waals surface area contributed by atoms with Crippen LogP contribution < -0.4 is 9.80 Å². The molecule has 3 aliphatic rings. The Bertz CT molecular complexity index is 899. The van der Waals surface area contributed by atoms with E-state index >= 15 is 0 Å². The summed E-state index contributed by atoms with van der Waals surface area (Å²) < 4.78 is 0. The molecule has 2 bridgehead atoms. The number of benzene rings is 1. The summed E-state index contributed by atoms with van der Waals surface area (Å²) in [6.45, 7) is 3.88. The molecule has 6 nitrogen and oxygen atoms in total. The Balaban J connectivity index is 1.40. The molecule has 2 atom stereocenters. The molecular formula is C18H18N6. The van der Waals surface area contributed by atoms with Crippen LogP contribution in [0.3, 0.4) is 0 Å². The van der Waals surface area contributed by atoms with E-state index < -0.39 is 0 Å². The van der Waals surface area contributed by atoms with Gasteiger partial charge < -0.3 is 9.80 Å². The molecular weight excluding hydrogens is 300 g/mol. The largest absolute Gasteiger partial charge is 0.352 e. The van der Waals surface area contributed by atoms with Gasteiger partial charge in [0.2, 0.25) is 0 Å². The zero-order valence-electron chi connectivity index (χ0n) is 13.5. The molecule has 2 unspecified atom stereocenters. The SMILES string of the molecule is Cc1nccc(N2CC3CC(C2)N3c2cnc3ccccc3n2)n1. The Morgan fingerprint density at radius 1 is 0.917 bits per heavy atom. The molecule has 3 saturated heterocycles. The maximum Gasteiger partial charge on any atom is 0.148 e. The van der Waals surface area contributed by atoms with Crippen LogP contribution in [0.5, 0.6) is 0 Å². The van der Waals surface area contributed by atoms with Crippen molar-refractivity contribution in [1.29, 1.82) is 0 Å². The molecule has 120 valence electrons. The number of rotatable bonds is 2. The van der Waals surface area contributed by atoms with Crippen molar-refractivity contribution in [3.63, 3.8) is 0 Å². The number of anilines is 2. The minimum atomic E-state index is 0.481. The molecule has 24 heavy (non-hydrogen) atoms. The van der Waals surface area contributed by atoms with Crippen LogP contribution in [0.4, 0.5) is 11.6 Å². The highest BCUT2D eigenvalue weighted by Crippen LogP contribution is 2.37. The van der Waals surface area contributed by atoms with Gasteiger partial charge in [-0.2, -0.15) is 0 Å². The van der Waals surface area contributed by atoms with Crippen LogP contribution in [0, 0.1) is 6.92 Å². The predicted octanol–water partition coefficient (Wildman–Crippen LogP) is 2.20. The Hall–Kier alpha value is -2.76. The third-order valence-electron chi connectivity index (χ3n) is 4.98. The van der Waals surface area contributed by atoms with E-state index in [9.17, 15) is 0 Å². The van der Waals surface area contributed by atoms with Gasteiger partial charge in [-0.15, -0.1) is 0 Å². The van der Waals surface area contributed by atoms with Gasteiger partial charge in [0, 0.05) is 19.3 Å². The smallest absolute Gasteiger partial charge is 0.148 e. The molecule has 0 radical (unpaired) electrons. The Morgan fingerprint density at radius 2 is 1.71 bits per heavy atom. The lowest BCUT2D eigenvalue weighted by atomic mass is 9.87. The average Bonchev–Trinajstić information content (AvgIpc) is 2.62. The van der Waals surface area contributed by atoms with Crippen LogP contribution in [0.15, 0.2) is 42.7 Å². The molecule has 0 N–H and O–H groups in total.